The molecule has 0 aromatic heterocycles. The highest BCUT2D eigenvalue weighted by Crippen LogP contribution is 1.88. The van der Waals surface area contributed by atoms with Crippen LogP contribution in [0.2, 0.25) is 0 Å². The van der Waals surface area contributed by atoms with Crippen LogP contribution in [0, 0.1) is 0 Å². The van der Waals surface area contributed by atoms with Crippen molar-refractivity contribution < 1.29 is 4.11 Å². The molecule has 0 aliphatic carbocycles. The molecule has 0 aliphatic rings. The molecule has 0 saturated heterocycles. The van der Waals surface area contributed by atoms with E-state index in [9.17, 15) is 0 Å². The maximum Gasteiger partial charge on any atom is 0.0249 e. The van der Waals surface area contributed by atoms with E-state index in [0.29, 0.717) is 0 Å². The Morgan fingerprint density at radius 2 is 2.00 bits per heavy atom. The molecule has 0 spiro atoms. The molecule has 0 atom stereocenters. The summed E-state index contributed by atoms with van der Waals surface area (Å²) in [5.41, 5.74) is 4.19. The minimum absolute atomic E-state index is 1.06. The fourth-order valence-electron chi connectivity index (χ4n) is 0. The van der Waals surface area contributed by atoms with Gasteiger partial charge in [0.05, 0.1) is 0 Å². The maximum atomic E-state index is 6.79. The number of hydrogen-bond donors (Lipinski definition) is 1. The Hall–Kier alpha value is -0.0400. The summed E-state index contributed by atoms with van der Waals surface area (Å²) in [6.45, 7) is 0.938. The van der Waals surface area contributed by atoms with E-state index >= 15 is 0 Å². The monoisotopic (exact) mass is 76.1 g/mol. The molecule has 0 heterocycles. The molecule has 0 radical (unpaired) electrons. The van der Waals surface area contributed by atoms with Crippen molar-refractivity contribution in [3.63, 3.8) is 0 Å². The van der Waals surface area contributed by atoms with Crippen LogP contribution < -0.4 is 5.73 Å². The third-order valence-corrected chi connectivity index (χ3v) is 0. The molecular weight excluding hydrogens is 62.1 g/mol. The van der Waals surface area contributed by atoms with Gasteiger partial charge in [-0.05, 0) is 20.7 Å². The zero-order chi connectivity index (χ0) is 7.00. The molecule has 2 N–H and O–H groups in total. The van der Waals surface area contributed by atoms with E-state index < -0.39 is 12.4 Å². The zero-order valence-corrected chi connectivity index (χ0v) is 3.58. The Labute approximate surface area is 37.4 Å². The molecule has 32 valence electrons. The second kappa shape index (κ2) is 0.977. The van der Waals surface area contributed by atoms with Gasteiger partial charge in [-0.25, -0.2) is 0 Å². The number of nitrogens with two attached hydrogens (primary N) is 1. The van der Waals surface area contributed by atoms with Crippen LogP contribution >= 0.6 is 0 Å². The molecule has 0 unspecified atom stereocenters. The molecule has 0 saturated carbocycles. The van der Waals surface area contributed by atoms with E-state index in [1.54, 1.807) is 0 Å². The van der Waals surface area contributed by atoms with Crippen LogP contribution in [0.15, 0.2) is 0 Å². The first-order valence-electron chi connectivity index (χ1n) is 3.04. The average Bonchev–Trinajstić information content (AvgIpc) is 1.25. The topological polar surface area (TPSA) is 26.0 Å². The van der Waals surface area contributed by atoms with E-state index in [4.69, 9.17) is 9.85 Å². The number of rotatable bonds is 0. The first kappa shape index (κ1) is 1.61. The van der Waals surface area contributed by atoms with Crippen molar-refractivity contribution in [2.24, 2.45) is 5.73 Å². The lowest BCUT2D eigenvalue weighted by atomic mass is 10.1. The van der Waals surface area contributed by atoms with Crippen molar-refractivity contribution in [3.8, 4) is 0 Å². The van der Waals surface area contributed by atoms with Crippen molar-refractivity contribution in [1.82, 2.24) is 0 Å². The van der Waals surface area contributed by atoms with Crippen LogP contribution in [0.1, 0.15) is 24.8 Å². The van der Waals surface area contributed by atoms with E-state index in [-0.39, 0.29) is 0 Å². The summed E-state index contributed by atoms with van der Waals surface area (Å²) in [5.74, 6) is 0. The standard InChI is InChI=1S/C4H11N/c1-4(2,3)5/h5H2,1-3H3/i1D3. The molecule has 5 heavy (non-hydrogen) atoms. The Morgan fingerprint density at radius 3 is 2.00 bits per heavy atom. The van der Waals surface area contributed by atoms with Crippen LogP contribution in [-0.4, -0.2) is 5.54 Å². The third kappa shape index (κ3) is 9510. The highest BCUT2D eigenvalue weighted by atomic mass is 14.7. The van der Waals surface area contributed by atoms with E-state index in [0.717, 1.165) is 0 Å². The fraction of sp³-hybridized carbons (Fsp3) is 1.00. The van der Waals surface area contributed by atoms with Gasteiger partial charge in [-0.15, -0.1) is 0 Å². The molecule has 1 nitrogen and oxygen atoms in total. The SMILES string of the molecule is [2H]C([2H])([2H])C(C)(C)N. The van der Waals surface area contributed by atoms with E-state index in [1.165, 1.54) is 13.8 Å². The van der Waals surface area contributed by atoms with Gasteiger partial charge in [-0.2, -0.15) is 0 Å². The summed E-state index contributed by atoms with van der Waals surface area (Å²) in [7, 11) is 0. The lowest BCUT2D eigenvalue weighted by Gasteiger charge is -2.06. The molecule has 0 amide bonds. The molecule has 1 heteroatoms. The van der Waals surface area contributed by atoms with Gasteiger partial charge in [-0.3, -0.25) is 0 Å². The summed E-state index contributed by atoms with van der Waals surface area (Å²) in [4.78, 5) is 0. The molecule has 0 aromatic carbocycles. The van der Waals surface area contributed by atoms with Gasteiger partial charge in [0.25, 0.3) is 0 Å². The Bertz CT molecular complexity index is 66.3. The second-order valence-electron chi connectivity index (χ2n) is 1.72. The Balaban J connectivity index is 4.02. The largest absolute Gasteiger partial charge is 0.326 e. The Morgan fingerprint density at radius 1 is 1.80 bits per heavy atom. The molecule has 0 aromatic rings. The summed E-state index contributed by atoms with van der Waals surface area (Å²) < 4.78 is 20.4. The first-order valence-corrected chi connectivity index (χ1v) is 1.54. The lowest BCUT2D eigenvalue weighted by molar-refractivity contribution is 0.580. The van der Waals surface area contributed by atoms with Crippen LogP contribution in [0.25, 0.3) is 0 Å². The van der Waals surface area contributed by atoms with Gasteiger partial charge in [0, 0.05) is 9.65 Å². The zero-order valence-electron chi connectivity index (χ0n) is 6.58. The van der Waals surface area contributed by atoms with Gasteiger partial charge in [-0.1, -0.05) is 0 Å². The predicted molar refractivity (Wildman–Crippen MR) is 23.9 cm³/mol. The maximum absolute atomic E-state index is 6.79. The predicted octanol–water partition coefficient (Wildman–Crippen LogP) is 0.744. The molecular formula is C4H11N. The average molecular weight is 76.2 g/mol. The molecule has 0 aliphatic heterocycles. The van der Waals surface area contributed by atoms with E-state index in [1.807, 2.05) is 0 Å². The van der Waals surface area contributed by atoms with Crippen LogP contribution in [0.3, 0.4) is 0 Å². The quantitative estimate of drug-likeness (QED) is 0.452. The summed E-state index contributed by atoms with van der Waals surface area (Å²) >= 11 is 0. The second-order valence-corrected chi connectivity index (χ2v) is 1.72. The fourth-order valence-corrected chi connectivity index (χ4v) is 0. The van der Waals surface area contributed by atoms with Gasteiger partial charge in [0.2, 0.25) is 0 Å². The minimum atomic E-state index is -2.03. The van der Waals surface area contributed by atoms with Crippen molar-refractivity contribution in [1.29, 1.82) is 0 Å². The van der Waals surface area contributed by atoms with Crippen LogP contribution in [0.5, 0.6) is 0 Å². The smallest absolute Gasteiger partial charge is 0.0249 e. The van der Waals surface area contributed by atoms with Crippen molar-refractivity contribution in [2.75, 3.05) is 0 Å². The Kier molecular flexibility index (Phi) is 0.314. The molecule has 0 fully saturated rings. The molecule has 0 bridgehead atoms. The van der Waals surface area contributed by atoms with Gasteiger partial charge >= 0.3 is 0 Å². The van der Waals surface area contributed by atoms with Crippen molar-refractivity contribution >= 4 is 0 Å². The van der Waals surface area contributed by atoms with Gasteiger partial charge < -0.3 is 5.73 Å². The highest BCUT2D eigenvalue weighted by Gasteiger charge is 1.95. The van der Waals surface area contributed by atoms with Gasteiger partial charge in [0.15, 0.2) is 0 Å². The molecule has 0 rings (SSSR count). The van der Waals surface area contributed by atoms with Crippen molar-refractivity contribution in [3.05, 3.63) is 0 Å². The summed E-state index contributed by atoms with van der Waals surface area (Å²) in [6, 6.07) is 0. The van der Waals surface area contributed by atoms with E-state index in [2.05, 4.69) is 0 Å². The first-order chi connectivity index (χ1) is 3.25. The number of hydrogen-bond acceptors (Lipinski definition) is 1. The van der Waals surface area contributed by atoms with Gasteiger partial charge in [0.1, 0.15) is 0 Å². The highest BCUT2D eigenvalue weighted by molar-refractivity contribution is 4.60. The third-order valence-electron chi connectivity index (χ3n) is 0. The summed E-state index contributed by atoms with van der Waals surface area (Å²) in [6.07, 6.45) is 0. The van der Waals surface area contributed by atoms with Crippen LogP contribution in [-0.2, 0) is 0 Å². The summed E-state index contributed by atoms with van der Waals surface area (Å²) in [5, 5.41) is 0. The van der Waals surface area contributed by atoms with Crippen molar-refractivity contribution in [2.45, 2.75) is 26.2 Å². The lowest BCUT2D eigenvalue weighted by Crippen LogP contribution is -2.26. The normalized spacial score (nSPS) is 23.4. The minimum Gasteiger partial charge on any atom is -0.326 e. The van der Waals surface area contributed by atoms with Crippen LogP contribution in [0.4, 0.5) is 0 Å².